The summed E-state index contributed by atoms with van der Waals surface area (Å²) in [5.74, 6) is 0.0341. The molecule has 3 heteroatoms. The number of carbonyl (C=O) groups is 1. The van der Waals surface area contributed by atoms with E-state index >= 15 is 0 Å². The summed E-state index contributed by atoms with van der Waals surface area (Å²) < 4.78 is 0. The van der Waals surface area contributed by atoms with E-state index in [0.29, 0.717) is 6.42 Å². The number of phenolic OH excluding ortho intramolecular Hbond substituents is 2. The lowest BCUT2D eigenvalue weighted by molar-refractivity contribution is 0.0976. The van der Waals surface area contributed by atoms with Crippen molar-refractivity contribution in [3.63, 3.8) is 0 Å². The lowest BCUT2D eigenvalue weighted by Crippen LogP contribution is -2.00. The molecule has 0 bridgehead atoms. The highest BCUT2D eigenvalue weighted by molar-refractivity contribution is 5.99. The highest BCUT2D eigenvalue weighted by Gasteiger charge is 2.14. The van der Waals surface area contributed by atoms with E-state index < -0.39 is 0 Å². The summed E-state index contributed by atoms with van der Waals surface area (Å²) >= 11 is 0. The average molecular weight is 306 g/mol. The SMILES string of the molecule is CCCCCCCCc1cc(O)c(C(=O)CCCC)cc1O. The first-order chi connectivity index (χ1) is 10.6. The van der Waals surface area contributed by atoms with Gasteiger partial charge in [0.25, 0.3) is 0 Å². The van der Waals surface area contributed by atoms with Crippen LogP contribution in [0.5, 0.6) is 11.5 Å². The molecule has 0 saturated heterocycles. The highest BCUT2D eigenvalue weighted by Crippen LogP contribution is 2.29. The fraction of sp³-hybridized carbons (Fsp3) is 0.632. The van der Waals surface area contributed by atoms with Gasteiger partial charge in [0.2, 0.25) is 0 Å². The molecular formula is C19H30O3. The van der Waals surface area contributed by atoms with Gasteiger partial charge in [-0.2, -0.15) is 0 Å². The van der Waals surface area contributed by atoms with Gasteiger partial charge in [0.05, 0.1) is 5.56 Å². The van der Waals surface area contributed by atoms with Crippen LogP contribution in [0.25, 0.3) is 0 Å². The maximum Gasteiger partial charge on any atom is 0.166 e. The number of ketones is 1. The van der Waals surface area contributed by atoms with Crippen molar-refractivity contribution in [1.29, 1.82) is 0 Å². The molecule has 3 nitrogen and oxygen atoms in total. The van der Waals surface area contributed by atoms with Crippen LogP contribution < -0.4 is 0 Å². The Bertz CT molecular complexity index is 466. The average Bonchev–Trinajstić information content (AvgIpc) is 2.51. The molecule has 124 valence electrons. The third-order valence-electron chi connectivity index (χ3n) is 4.05. The van der Waals surface area contributed by atoms with Crippen LogP contribution in [0.15, 0.2) is 12.1 Å². The van der Waals surface area contributed by atoms with Crippen molar-refractivity contribution >= 4 is 5.78 Å². The first-order valence-corrected chi connectivity index (χ1v) is 8.68. The minimum Gasteiger partial charge on any atom is -0.508 e. The molecule has 1 rings (SSSR count). The third-order valence-corrected chi connectivity index (χ3v) is 4.05. The summed E-state index contributed by atoms with van der Waals surface area (Å²) in [5, 5.41) is 20.1. The van der Waals surface area contributed by atoms with Crippen molar-refractivity contribution < 1.29 is 15.0 Å². The Hall–Kier alpha value is -1.51. The van der Waals surface area contributed by atoms with E-state index in [4.69, 9.17) is 0 Å². The molecule has 0 aromatic heterocycles. The van der Waals surface area contributed by atoms with E-state index in [1.807, 2.05) is 6.92 Å². The number of phenols is 2. The van der Waals surface area contributed by atoms with Gasteiger partial charge < -0.3 is 10.2 Å². The molecule has 0 unspecified atom stereocenters. The third kappa shape index (κ3) is 6.08. The van der Waals surface area contributed by atoms with E-state index in [1.54, 1.807) is 6.07 Å². The van der Waals surface area contributed by atoms with Gasteiger partial charge in [-0.05, 0) is 37.0 Å². The van der Waals surface area contributed by atoms with E-state index in [9.17, 15) is 15.0 Å². The maximum atomic E-state index is 12.0. The summed E-state index contributed by atoms with van der Waals surface area (Å²) in [4.78, 5) is 12.0. The molecule has 0 amide bonds. The van der Waals surface area contributed by atoms with Gasteiger partial charge in [0.1, 0.15) is 11.5 Å². The van der Waals surface area contributed by atoms with E-state index in [0.717, 1.165) is 37.7 Å². The molecule has 1 aromatic carbocycles. The van der Waals surface area contributed by atoms with Crippen LogP contribution in [0.4, 0.5) is 0 Å². The van der Waals surface area contributed by atoms with Crippen LogP contribution in [-0.4, -0.2) is 16.0 Å². The standard InChI is InChI=1S/C19H30O3/c1-3-5-7-8-9-10-11-15-13-19(22)16(14-18(15)21)17(20)12-6-4-2/h13-14,21-22H,3-12H2,1-2H3. The maximum absolute atomic E-state index is 12.0. The highest BCUT2D eigenvalue weighted by atomic mass is 16.3. The number of aryl methyl sites for hydroxylation is 1. The predicted molar refractivity (Wildman–Crippen MR) is 90.7 cm³/mol. The lowest BCUT2D eigenvalue weighted by Gasteiger charge is -2.09. The Morgan fingerprint density at radius 2 is 1.50 bits per heavy atom. The van der Waals surface area contributed by atoms with Crippen molar-refractivity contribution in [2.45, 2.75) is 78.1 Å². The van der Waals surface area contributed by atoms with Crippen molar-refractivity contribution in [1.82, 2.24) is 0 Å². The largest absolute Gasteiger partial charge is 0.508 e. The van der Waals surface area contributed by atoms with Crippen molar-refractivity contribution in [2.24, 2.45) is 0 Å². The molecule has 0 aliphatic heterocycles. The summed E-state index contributed by atoms with van der Waals surface area (Å²) in [6, 6.07) is 2.99. The van der Waals surface area contributed by atoms with Crippen molar-refractivity contribution in [2.75, 3.05) is 0 Å². The Morgan fingerprint density at radius 3 is 2.18 bits per heavy atom. The molecular weight excluding hydrogens is 276 g/mol. The fourth-order valence-corrected chi connectivity index (χ4v) is 2.61. The zero-order chi connectivity index (χ0) is 16.4. The summed E-state index contributed by atoms with van der Waals surface area (Å²) in [6.45, 7) is 4.22. The molecule has 22 heavy (non-hydrogen) atoms. The molecule has 1 aromatic rings. The van der Waals surface area contributed by atoms with E-state index in [2.05, 4.69) is 6.92 Å². The summed E-state index contributed by atoms with van der Waals surface area (Å²) in [7, 11) is 0. The van der Waals surface area contributed by atoms with Crippen LogP contribution in [0.3, 0.4) is 0 Å². The number of hydrogen-bond acceptors (Lipinski definition) is 3. The van der Waals surface area contributed by atoms with Crippen LogP contribution in [-0.2, 0) is 6.42 Å². The fourth-order valence-electron chi connectivity index (χ4n) is 2.61. The van der Waals surface area contributed by atoms with Gasteiger partial charge in [0, 0.05) is 6.42 Å². The molecule has 0 saturated carbocycles. The molecule has 0 radical (unpaired) electrons. The number of unbranched alkanes of at least 4 members (excludes halogenated alkanes) is 6. The van der Waals surface area contributed by atoms with Gasteiger partial charge >= 0.3 is 0 Å². The lowest BCUT2D eigenvalue weighted by atomic mass is 9.99. The molecule has 0 aliphatic carbocycles. The zero-order valence-electron chi connectivity index (χ0n) is 14.0. The molecule has 0 spiro atoms. The Morgan fingerprint density at radius 1 is 0.864 bits per heavy atom. The number of aromatic hydroxyl groups is 2. The van der Waals surface area contributed by atoms with Gasteiger partial charge in [-0.3, -0.25) is 4.79 Å². The Kier molecular flexibility index (Phi) is 8.64. The summed E-state index contributed by atoms with van der Waals surface area (Å²) in [5.41, 5.74) is 0.984. The molecule has 0 atom stereocenters. The normalized spacial score (nSPS) is 10.8. The monoisotopic (exact) mass is 306 g/mol. The second kappa shape index (κ2) is 10.3. The number of hydrogen-bond donors (Lipinski definition) is 2. The number of rotatable bonds is 11. The van der Waals surface area contributed by atoms with Crippen LogP contribution in [0.1, 0.15) is 87.6 Å². The quantitative estimate of drug-likeness (QED) is 0.328. The minimum atomic E-state index is -0.0965. The van der Waals surface area contributed by atoms with E-state index in [1.165, 1.54) is 31.7 Å². The number of carbonyl (C=O) groups excluding carboxylic acids is 1. The van der Waals surface area contributed by atoms with Crippen molar-refractivity contribution in [3.8, 4) is 11.5 Å². The van der Waals surface area contributed by atoms with Crippen LogP contribution in [0.2, 0.25) is 0 Å². The second-order valence-electron chi connectivity index (χ2n) is 6.04. The number of benzene rings is 1. The topological polar surface area (TPSA) is 57.5 Å². The molecule has 0 aliphatic rings. The molecule has 2 N–H and O–H groups in total. The Labute approximate surface area is 134 Å². The molecule has 0 fully saturated rings. The zero-order valence-corrected chi connectivity index (χ0v) is 14.0. The first kappa shape index (κ1) is 18.5. The van der Waals surface area contributed by atoms with E-state index in [-0.39, 0.29) is 22.8 Å². The number of Topliss-reactive ketones (excluding diaryl/α,β-unsaturated/α-hetero) is 1. The van der Waals surface area contributed by atoms with Crippen LogP contribution in [0, 0.1) is 0 Å². The van der Waals surface area contributed by atoms with Crippen molar-refractivity contribution in [3.05, 3.63) is 23.3 Å². The van der Waals surface area contributed by atoms with Gasteiger partial charge in [0.15, 0.2) is 5.78 Å². The van der Waals surface area contributed by atoms with Crippen LogP contribution >= 0.6 is 0 Å². The van der Waals surface area contributed by atoms with Gasteiger partial charge in [-0.1, -0.05) is 52.4 Å². The smallest absolute Gasteiger partial charge is 0.166 e. The second-order valence-corrected chi connectivity index (χ2v) is 6.04. The van der Waals surface area contributed by atoms with Gasteiger partial charge in [-0.25, -0.2) is 0 Å². The van der Waals surface area contributed by atoms with Gasteiger partial charge in [-0.15, -0.1) is 0 Å². The summed E-state index contributed by atoms with van der Waals surface area (Å²) in [6.07, 6.45) is 10.0. The Balaban J connectivity index is 2.56. The predicted octanol–water partition coefficient (Wildman–Crippen LogP) is 5.37. The minimum absolute atomic E-state index is 0.000106. The molecule has 0 heterocycles. The first-order valence-electron chi connectivity index (χ1n) is 8.68.